The van der Waals surface area contributed by atoms with Gasteiger partial charge in [-0.3, -0.25) is 0 Å². The highest BCUT2D eigenvalue weighted by Crippen LogP contribution is 2.38. The molecule has 0 aliphatic heterocycles. The van der Waals surface area contributed by atoms with Crippen molar-refractivity contribution < 1.29 is 31.4 Å². The number of fused-ring (bicyclic) bond motifs is 3. The van der Waals surface area contributed by atoms with Crippen LogP contribution in [0, 0.1) is 17.5 Å². The van der Waals surface area contributed by atoms with Gasteiger partial charge in [0.2, 0.25) is 0 Å². The van der Waals surface area contributed by atoms with Crippen LogP contribution < -0.4 is 5.73 Å². The fourth-order valence-corrected chi connectivity index (χ4v) is 3.73. The second-order valence-electron chi connectivity index (χ2n) is 7.81. The molecule has 0 saturated heterocycles. The third-order valence-corrected chi connectivity index (χ3v) is 5.37. The Morgan fingerprint density at radius 3 is 2.23 bits per heavy atom. The third kappa shape index (κ3) is 5.27. The number of nitrogens with two attached hydrogens (primary N) is 1. The monoisotopic (exact) mass is 489 g/mol. The van der Waals surface area contributed by atoms with E-state index < -0.39 is 35.3 Å². The Hall–Kier alpha value is -3.92. The summed E-state index contributed by atoms with van der Waals surface area (Å²) in [5.41, 5.74) is 5.47. The Morgan fingerprint density at radius 2 is 1.54 bits per heavy atom. The van der Waals surface area contributed by atoms with Crippen LogP contribution in [0.5, 0.6) is 0 Å². The molecule has 0 fully saturated rings. The molecule has 0 aliphatic rings. The first-order chi connectivity index (χ1) is 16.5. The highest BCUT2D eigenvalue weighted by Gasteiger charge is 2.31. The molecule has 0 aliphatic carbocycles. The molecule has 0 saturated carbocycles. The molecule has 4 nitrogen and oxygen atoms in total. The van der Waals surface area contributed by atoms with Gasteiger partial charge in [0.25, 0.3) is 0 Å². The lowest BCUT2D eigenvalue weighted by Crippen LogP contribution is -2.16. The molecule has 4 rings (SSSR count). The molecule has 35 heavy (non-hydrogen) atoms. The summed E-state index contributed by atoms with van der Waals surface area (Å²) in [5, 5.41) is 18.2. The summed E-state index contributed by atoms with van der Waals surface area (Å²) < 4.78 is 81.3. The van der Waals surface area contributed by atoms with E-state index in [-0.39, 0.29) is 39.4 Å². The van der Waals surface area contributed by atoms with Crippen LogP contribution >= 0.6 is 0 Å². The highest BCUT2D eigenvalue weighted by molar-refractivity contribution is 6.09. The van der Waals surface area contributed by atoms with Gasteiger partial charge in [0.1, 0.15) is 23.3 Å². The molecule has 0 spiro atoms. The van der Waals surface area contributed by atoms with Gasteiger partial charge in [0.15, 0.2) is 0 Å². The largest absolute Gasteiger partial charge is 0.416 e. The van der Waals surface area contributed by atoms with Crippen LogP contribution in [-0.2, 0) is 6.18 Å². The van der Waals surface area contributed by atoms with Crippen LogP contribution in [0.1, 0.15) is 29.2 Å². The molecule has 0 bridgehead atoms. The molecule has 10 heteroatoms. The van der Waals surface area contributed by atoms with Crippen molar-refractivity contribution in [2.45, 2.75) is 18.7 Å². The summed E-state index contributed by atoms with van der Waals surface area (Å²) in [7, 11) is 0. The van der Waals surface area contributed by atoms with E-state index in [4.69, 9.17) is 5.73 Å². The minimum Gasteiger partial charge on any atom is -0.388 e. The van der Waals surface area contributed by atoms with Crippen molar-refractivity contribution in [2.24, 2.45) is 15.9 Å². The quantitative estimate of drug-likeness (QED) is 0.115. The van der Waals surface area contributed by atoms with Crippen LogP contribution in [0.2, 0.25) is 0 Å². The van der Waals surface area contributed by atoms with Crippen molar-refractivity contribution in [3.8, 4) is 0 Å². The summed E-state index contributed by atoms with van der Waals surface area (Å²) in [4.78, 5) is 0. The van der Waals surface area contributed by atoms with Gasteiger partial charge in [-0.1, -0.05) is 18.2 Å². The molecule has 180 valence electrons. The zero-order chi connectivity index (χ0) is 25.3. The Labute approximate surface area is 195 Å². The number of benzene rings is 4. The number of hydrogen-bond donors (Lipinski definition) is 2. The zero-order valence-corrected chi connectivity index (χ0v) is 17.8. The van der Waals surface area contributed by atoms with Crippen LogP contribution in [0.3, 0.4) is 0 Å². The molecule has 0 radical (unpaired) electrons. The second-order valence-corrected chi connectivity index (χ2v) is 7.81. The molecule has 0 heterocycles. The molecule has 4 aromatic rings. The van der Waals surface area contributed by atoms with Gasteiger partial charge in [-0.15, -0.1) is 5.10 Å². The average molecular weight is 489 g/mol. The van der Waals surface area contributed by atoms with Gasteiger partial charge < -0.3 is 10.8 Å². The van der Waals surface area contributed by atoms with Crippen molar-refractivity contribution in [3.63, 3.8) is 0 Å². The topological polar surface area (TPSA) is 71.0 Å². The van der Waals surface area contributed by atoms with E-state index in [0.29, 0.717) is 11.6 Å². The standard InChI is InChI=1S/C25H17F6N3O/c26-15-4-1-13(2-5-15)12-33-34-24(32)11-23(35)21-10-20-19(8-16(27)9-22(20)28)18-7-14(25(29,30)31)3-6-17(18)21/h1-10,12,23,35H,11H2,(H2,32,34)/b33-12+. The maximum Gasteiger partial charge on any atom is 0.416 e. The molecule has 3 N–H and O–H groups in total. The Bertz CT molecular complexity index is 1460. The smallest absolute Gasteiger partial charge is 0.388 e. The summed E-state index contributed by atoms with van der Waals surface area (Å²) in [6, 6.07) is 11.0. The first-order valence-electron chi connectivity index (χ1n) is 10.2. The van der Waals surface area contributed by atoms with Crippen LogP contribution in [-0.4, -0.2) is 17.2 Å². The lowest BCUT2D eigenvalue weighted by molar-refractivity contribution is -0.137. The average Bonchev–Trinajstić information content (AvgIpc) is 2.79. The van der Waals surface area contributed by atoms with Crippen LogP contribution in [0.25, 0.3) is 21.5 Å². The fraction of sp³-hybridized carbons (Fsp3) is 0.120. The van der Waals surface area contributed by atoms with Crippen molar-refractivity contribution >= 4 is 33.6 Å². The molecular weight excluding hydrogens is 472 g/mol. The van der Waals surface area contributed by atoms with Crippen molar-refractivity contribution in [1.29, 1.82) is 0 Å². The van der Waals surface area contributed by atoms with E-state index in [0.717, 1.165) is 24.3 Å². The number of amidine groups is 1. The van der Waals surface area contributed by atoms with E-state index in [1.54, 1.807) is 0 Å². The lowest BCUT2D eigenvalue weighted by atomic mass is 9.92. The second kappa shape index (κ2) is 9.38. The fourth-order valence-electron chi connectivity index (χ4n) is 3.73. The van der Waals surface area contributed by atoms with Crippen molar-refractivity contribution in [2.75, 3.05) is 0 Å². The minimum absolute atomic E-state index is 0.0647. The maximum absolute atomic E-state index is 14.5. The number of nitrogens with zero attached hydrogens (tertiary/aromatic N) is 2. The minimum atomic E-state index is -4.68. The molecule has 0 aromatic heterocycles. The first kappa shape index (κ1) is 24.2. The number of halogens is 6. The highest BCUT2D eigenvalue weighted by atomic mass is 19.4. The van der Waals surface area contributed by atoms with E-state index in [2.05, 4.69) is 10.2 Å². The number of aliphatic hydroxyl groups is 1. The molecule has 4 aromatic carbocycles. The molecule has 1 unspecified atom stereocenters. The first-order valence-corrected chi connectivity index (χ1v) is 10.2. The molecule has 1 atom stereocenters. The summed E-state index contributed by atoms with van der Waals surface area (Å²) in [6.07, 6.45) is -5.02. The van der Waals surface area contributed by atoms with Gasteiger partial charge in [-0.25, -0.2) is 13.2 Å². The summed E-state index contributed by atoms with van der Waals surface area (Å²) in [5.74, 6) is -2.47. The van der Waals surface area contributed by atoms with Gasteiger partial charge in [0, 0.05) is 17.9 Å². The molecular formula is C25H17F6N3O. The Morgan fingerprint density at radius 1 is 0.857 bits per heavy atom. The normalized spacial score (nSPS) is 13.7. The Kier molecular flexibility index (Phi) is 6.49. The third-order valence-electron chi connectivity index (χ3n) is 5.37. The van der Waals surface area contributed by atoms with E-state index >= 15 is 0 Å². The number of rotatable bonds is 5. The van der Waals surface area contributed by atoms with E-state index in [9.17, 15) is 31.4 Å². The van der Waals surface area contributed by atoms with Gasteiger partial charge in [-0.2, -0.15) is 18.3 Å². The predicted molar refractivity (Wildman–Crippen MR) is 122 cm³/mol. The van der Waals surface area contributed by atoms with Crippen molar-refractivity contribution in [3.05, 3.63) is 94.8 Å². The number of aliphatic hydroxyl groups excluding tert-OH is 1. The molecule has 0 amide bonds. The summed E-state index contributed by atoms with van der Waals surface area (Å²) in [6.45, 7) is 0. The lowest BCUT2D eigenvalue weighted by Gasteiger charge is -2.17. The Balaban J connectivity index is 1.73. The zero-order valence-electron chi connectivity index (χ0n) is 17.8. The van der Waals surface area contributed by atoms with Crippen LogP contribution in [0.4, 0.5) is 26.3 Å². The van der Waals surface area contributed by atoms with E-state index in [1.807, 2.05) is 0 Å². The predicted octanol–water partition coefficient (Wildman–Crippen LogP) is 6.24. The number of hydrogen-bond acceptors (Lipinski definition) is 3. The van der Waals surface area contributed by atoms with Gasteiger partial charge in [0.05, 0.1) is 17.9 Å². The maximum atomic E-state index is 14.5. The van der Waals surface area contributed by atoms with Gasteiger partial charge >= 0.3 is 6.18 Å². The van der Waals surface area contributed by atoms with E-state index in [1.165, 1.54) is 36.5 Å². The van der Waals surface area contributed by atoms with Crippen LogP contribution in [0.15, 0.2) is 70.9 Å². The van der Waals surface area contributed by atoms with Gasteiger partial charge in [-0.05, 0) is 63.7 Å². The summed E-state index contributed by atoms with van der Waals surface area (Å²) >= 11 is 0. The van der Waals surface area contributed by atoms with Crippen molar-refractivity contribution in [1.82, 2.24) is 0 Å². The SMILES string of the molecule is N/C(CC(O)c1cc2c(F)cc(F)cc2c2cc(C(F)(F)F)ccc12)=N\N=C\c1ccc(F)cc1. The number of alkyl halides is 3.